The third-order valence-corrected chi connectivity index (χ3v) is 6.93. The molecule has 5 aromatic rings. The highest BCUT2D eigenvalue weighted by Crippen LogP contribution is 2.51. The van der Waals surface area contributed by atoms with E-state index in [9.17, 15) is 0 Å². The number of nitrogens with zero attached hydrogens (tertiary/aromatic N) is 1. The molecule has 5 aromatic carbocycles. The molecular weight excluding hydrogens is 420 g/mol. The van der Waals surface area contributed by atoms with Crippen molar-refractivity contribution >= 4 is 40.2 Å². The minimum absolute atomic E-state index is 1.08. The topological polar surface area (TPSA) is 15.3 Å². The molecule has 3 heteroatoms. The first kappa shape index (κ1) is 19.7. The van der Waals surface area contributed by atoms with Crippen molar-refractivity contribution in [2.24, 2.45) is 0 Å². The monoisotopic (exact) mass is 442 g/mol. The van der Waals surface area contributed by atoms with Crippen molar-refractivity contribution < 1.29 is 0 Å². The predicted molar refractivity (Wildman–Crippen MR) is 140 cm³/mol. The van der Waals surface area contributed by atoms with Crippen LogP contribution in [0.3, 0.4) is 0 Å². The van der Waals surface area contributed by atoms with Crippen LogP contribution in [0.15, 0.2) is 137 Å². The Morgan fingerprint density at radius 2 is 1.09 bits per heavy atom. The van der Waals surface area contributed by atoms with E-state index in [-0.39, 0.29) is 0 Å². The molecule has 0 aromatic heterocycles. The Bertz CT molecular complexity index is 1400. The van der Waals surface area contributed by atoms with Gasteiger partial charge in [0.15, 0.2) is 0 Å². The Labute approximate surface area is 198 Å². The number of anilines is 5. The smallest absolute Gasteiger partial charge is 0.0603 e. The summed E-state index contributed by atoms with van der Waals surface area (Å²) in [5.74, 6) is 0. The zero-order valence-electron chi connectivity index (χ0n) is 18.0. The summed E-state index contributed by atoms with van der Waals surface area (Å²) in [6, 6.07) is 44.9. The molecule has 0 aliphatic carbocycles. The molecule has 0 spiro atoms. The van der Waals surface area contributed by atoms with E-state index in [1.54, 1.807) is 0 Å². The van der Waals surface area contributed by atoms with Crippen molar-refractivity contribution in [1.29, 1.82) is 0 Å². The quantitative estimate of drug-likeness (QED) is 0.293. The Hall–Kier alpha value is -3.95. The van der Waals surface area contributed by atoms with E-state index >= 15 is 0 Å². The maximum atomic E-state index is 3.58. The van der Waals surface area contributed by atoms with Crippen LogP contribution in [0.5, 0.6) is 0 Å². The molecular formula is C30H22N2S. The van der Waals surface area contributed by atoms with Crippen LogP contribution >= 0.6 is 11.8 Å². The number of hydrogen-bond acceptors (Lipinski definition) is 3. The Morgan fingerprint density at radius 3 is 1.88 bits per heavy atom. The standard InChI is InChI=1S/C30H22N2S/c1-3-9-22(10-4-1)23-15-17-24(18-16-23)31-25-19-20-28-30(21-25)33-29-14-8-7-13-27(29)32(28)26-11-5-2-6-12-26/h1-21,31H. The highest BCUT2D eigenvalue weighted by molar-refractivity contribution is 7.99. The average molecular weight is 443 g/mol. The summed E-state index contributed by atoms with van der Waals surface area (Å²) in [5, 5.41) is 3.58. The zero-order valence-corrected chi connectivity index (χ0v) is 18.8. The summed E-state index contributed by atoms with van der Waals surface area (Å²) >= 11 is 1.82. The van der Waals surface area contributed by atoms with Crippen molar-refractivity contribution in [3.63, 3.8) is 0 Å². The maximum absolute atomic E-state index is 3.58. The van der Waals surface area contributed by atoms with Gasteiger partial charge in [0, 0.05) is 26.9 Å². The van der Waals surface area contributed by atoms with E-state index < -0.39 is 0 Å². The van der Waals surface area contributed by atoms with Crippen LogP contribution in [-0.2, 0) is 0 Å². The molecule has 0 bridgehead atoms. The van der Waals surface area contributed by atoms with Gasteiger partial charge >= 0.3 is 0 Å². The molecule has 6 rings (SSSR count). The van der Waals surface area contributed by atoms with E-state index in [0.717, 1.165) is 11.4 Å². The molecule has 158 valence electrons. The molecule has 0 amide bonds. The molecule has 0 saturated heterocycles. The molecule has 1 N–H and O–H groups in total. The van der Waals surface area contributed by atoms with Gasteiger partial charge < -0.3 is 10.2 Å². The van der Waals surface area contributed by atoms with E-state index in [1.165, 1.54) is 38.0 Å². The molecule has 1 aliphatic heterocycles. The van der Waals surface area contributed by atoms with Gasteiger partial charge in [-0.2, -0.15) is 0 Å². The largest absolute Gasteiger partial charge is 0.355 e. The maximum Gasteiger partial charge on any atom is 0.0603 e. The second-order valence-corrected chi connectivity index (χ2v) is 9.08. The summed E-state index contributed by atoms with van der Waals surface area (Å²) in [4.78, 5) is 4.85. The summed E-state index contributed by atoms with van der Waals surface area (Å²) in [6.07, 6.45) is 0. The van der Waals surface area contributed by atoms with Gasteiger partial charge in [0.1, 0.15) is 0 Å². The molecule has 0 radical (unpaired) electrons. The molecule has 0 saturated carbocycles. The zero-order chi connectivity index (χ0) is 22.0. The van der Waals surface area contributed by atoms with E-state index in [1.807, 2.05) is 17.8 Å². The predicted octanol–water partition coefficient (Wildman–Crippen LogP) is 9.03. The Morgan fingerprint density at radius 1 is 0.485 bits per heavy atom. The van der Waals surface area contributed by atoms with Gasteiger partial charge in [0.25, 0.3) is 0 Å². The van der Waals surface area contributed by atoms with Gasteiger partial charge in [-0.05, 0) is 65.7 Å². The fraction of sp³-hybridized carbons (Fsp3) is 0. The van der Waals surface area contributed by atoms with Gasteiger partial charge in [0.2, 0.25) is 0 Å². The molecule has 33 heavy (non-hydrogen) atoms. The first-order chi connectivity index (χ1) is 16.3. The Balaban J connectivity index is 1.32. The first-order valence-electron chi connectivity index (χ1n) is 11.0. The number of hydrogen-bond donors (Lipinski definition) is 1. The van der Waals surface area contributed by atoms with Gasteiger partial charge in [0.05, 0.1) is 11.4 Å². The second-order valence-electron chi connectivity index (χ2n) is 7.99. The number of rotatable bonds is 4. The lowest BCUT2D eigenvalue weighted by molar-refractivity contribution is 1.17. The lowest BCUT2D eigenvalue weighted by Crippen LogP contribution is -2.14. The molecule has 1 aliphatic rings. The van der Waals surface area contributed by atoms with Crippen molar-refractivity contribution in [3.8, 4) is 11.1 Å². The van der Waals surface area contributed by atoms with Gasteiger partial charge in [-0.1, -0.05) is 84.6 Å². The van der Waals surface area contributed by atoms with Crippen LogP contribution in [0.25, 0.3) is 11.1 Å². The van der Waals surface area contributed by atoms with Gasteiger partial charge in [-0.15, -0.1) is 0 Å². The van der Waals surface area contributed by atoms with E-state index in [0.29, 0.717) is 0 Å². The highest BCUT2D eigenvalue weighted by Gasteiger charge is 2.24. The lowest BCUT2D eigenvalue weighted by Gasteiger charge is -2.33. The SMILES string of the molecule is c1ccc(-c2ccc(Nc3ccc4c(c3)Sc3ccccc3N4c3ccccc3)cc2)cc1. The minimum atomic E-state index is 1.08. The molecule has 2 nitrogen and oxygen atoms in total. The number of para-hydroxylation sites is 2. The molecule has 1 heterocycles. The van der Waals surface area contributed by atoms with E-state index in [4.69, 9.17) is 0 Å². The summed E-state index contributed by atoms with van der Waals surface area (Å²) in [6.45, 7) is 0. The van der Waals surface area contributed by atoms with Crippen molar-refractivity contribution in [3.05, 3.63) is 127 Å². The van der Waals surface area contributed by atoms with Crippen LogP contribution < -0.4 is 10.2 Å². The minimum Gasteiger partial charge on any atom is -0.355 e. The first-order valence-corrected chi connectivity index (χ1v) is 11.9. The third kappa shape index (κ3) is 3.88. The van der Waals surface area contributed by atoms with Crippen LogP contribution in [0, 0.1) is 0 Å². The molecule has 0 unspecified atom stereocenters. The molecule has 0 atom stereocenters. The normalized spacial score (nSPS) is 12.1. The Kier molecular flexibility index (Phi) is 5.10. The number of nitrogens with one attached hydrogen (secondary N) is 1. The van der Waals surface area contributed by atoms with Crippen molar-refractivity contribution in [2.75, 3.05) is 10.2 Å². The fourth-order valence-electron chi connectivity index (χ4n) is 4.23. The van der Waals surface area contributed by atoms with Crippen molar-refractivity contribution in [1.82, 2.24) is 0 Å². The number of fused-ring (bicyclic) bond motifs is 2. The summed E-state index contributed by atoms with van der Waals surface area (Å²) in [7, 11) is 0. The van der Waals surface area contributed by atoms with Crippen LogP contribution in [0.4, 0.5) is 28.4 Å². The third-order valence-electron chi connectivity index (χ3n) is 5.82. The number of benzene rings is 5. The van der Waals surface area contributed by atoms with E-state index in [2.05, 4.69) is 132 Å². The highest BCUT2D eigenvalue weighted by atomic mass is 32.2. The van der Waals surface area contributed by atoms with Crippen LogP contribution in [0.2, 0.25) is 0 Å². The lowest BCUT2D eigenvalue weighted by atomic mass is 10.1. The van der Waals surface area contributed by atoms with Gasteiger partial charge in [-0.3, -0.25) is 0 Å². The van der Waals surface area contributed by atoms with Crippen LogP contribution in [0.1, 0.15) is 0 Å². The van der Waals surface area contributed by atoms with Gasteiger partial charge in [-0.25, -0.2) is 0 Å². The average Bonchev–Trinajstić information content (AvgIpc) is 2.89. The fourth-order valence-corrected chi connectivity index (χ4v) is 5.33. The molecule has 0 fully saturated rings. The second kappa shape index (κ2) is 8.53. The van der Waals surface area contributed by atoms with Crippen molar-refractivity contribution in [2.45, 2.75) is 9.79 Å². The summed E-state index contributed by atoms with van der Waals surface area (Å²) in [5.41, 5.74) is 8.21. The summed E-state index contributed by atoms with van der Waals surface area (Å²) < 4.78 is 0. The van der Waals surface area contributed by atoms with Crippen LogP contribution in [-0.4, -0.2) is 0 Å².